The van der Waals surface area contributed by atoms with Gasteiger partial charge in [-0.05, 0) is 36.2 Å². The van der Waals surface area contributed by atoms with Crippen LogP contribution in [0.2, 0.25) is 0 Å². The molecule has 5 N–H and O–H groups in total. The van der Waals surface area contributed by atoms with Crippen molar-refractivity contribution in [2.45, 2.75) is 20.0 Å². The maximum absolute atomic E-state index is 11.9. The summed E-state index contributed by atoms with van der Waals surface area (Å²) in [5.41, 5.74) is 8.64. The Balaban J connectivity index is 1.88. The molecule has 0 aliphatic carbocycles. The van der Waals surface area contributed by atoms with E-state index in [1.807, 2.05) is 37.3 Å². The fraction of sp³-hybridized carbons (Fsp3) is 0.286. The third-order valence-electron chi connectivity index (χ3n) is 4.21. The lowest BCUT2D eigenvalue weighted by Gasteiger charge is -2.14. The summed E-state index contributed by atoms with van der Waals surface area (Å²) >= 11 is 0. The van der Waals surface area contributed by atoms with Crippen LogP contribution in [-0.4, -0.2) is 38.5 Å². The second kappa shape index (κ2) is 10.7. The zero-order valence-corrected chi connectivity index (χ0v) is 16.9. The van der Waals surface area contributed by atoms with Gasteiger partial charge >= 0.3 is 0 Å². The number of ether oxygens (including phenoxy) is 1. The van der Waals surface area contributed by atoms with Gasteiger partial charge in [0.15, 0.2) is 5.96 Å². The molecule has 2 aromatic rings. The molecule has 0 atom stereocenters. The molecule has 0 heterocycles. The third kappa shape index (κ3) is 6.84. The van der Waals surface area contributed by atoms with Gasteiger partial charge < -0.3 is 26.4 Å². The van der Waals surface area contributed by atoms with E-state index in [1.54, 1.807) is 26.3 Å². The molecule has 2 rings (SSSR count). The van der Waals surface area contributed by atoms with Crippen molar-refractivity contribution < 1.29 is 14.3 Å². The Kier molecular flexibility index (Phi) is 8.02. The molecule has 0 radical (unpaired) electrons. The molecule has 8 heteroatoms. The third-order valence-corrected chi connectivity index (χ3v) is 4.21. The highest BCUT2D eigenvalue weighted by atomic mass is 16.5. The lowest BCUT2D eigenvalue weighted by Crippen LogP contribution is -2.36. The second-order valence-electron chi connectivity index (χ2n) is 6.44. The van der Waals surface area contributed by atoms with Crippen molar-refractivity contribution >= 4 is 17.8 Å². The minimum absolute atomic E-state index is 0.185. The van der Waals surface area contributed by atoms with Crippen LogP contribution in [0.5, 0.6) is 5.75 Å². The SMILES string of the molecule is CN=C(NCc1ccc(C(=O)NCC(N)=O)cc1)NCc1ccc(C)cc1OC. The Morgan fingerprint density at radius 3 is 2.34 bits per heavy atom. The van der Waals surface area contributed by atoms with Crippen LogP contribution in [0.1, 0.15) is 27.0 Å². The number of aryl methyl sites for hydroxylation is 1. The standard InChI is InChI=1S/C21H27N5O3/c1-14-4-7-17(18(10-14)29-3)12-26-21(23-2)25-11-15-5-8-16(9-6-15)20(28)24-13-19(22)27/h4-10H,11-13H2,1-3H3,(H2,22,27)(H,24,28)(H2,23,25,26). The number of nitrogens with one attached hydrogen (secondary N) is 3. The molecule has 2 aromatic carbocycles. The van der Waals surface area contributed by atoms with Crippen molar-refractivity contribution in [3.05, 3.63) is 64.7 Å². The van der Waals surface area contributed by atoms with Crippen LogP contribution in [0, 0.1) is 6.92 Å². The number of guanidine groups is 1. The van der Waals surface area contributed by atoms with Crippen LogP contribution in [0.4, 0.5) is 0 Å². The van der Waals surface area contributed by atoms with Gasteiger partial charge in [-0.1, -0.05) is 24.3 Å². The van der Waals surface area contributed by atoms with Crippen molar-refractivity contribution in [3.8, 4) is 5.75 Å². The lowest BCUT2D eigenvalue weighted by atomic mass is 10.1. The van der Waals surface area contributed by atoms with Gasteiger partial charge in [-0.2, -0.15) is 0 Å². The zero-order valence-electron chi connectivity index (χ0n) is 16.9. The molecule has 0 unspecified atom stereocenters. The van der Waals surface area contributed by atoms with E-state index in [0.29, 0.717) is 24.6 Å². The van der Waals surface area contributed by atoms with Crippen LogP contribution < -0.4 is 26.4 Å². The lowest BCUT2D eigenvalue weighted by molar-refractivity contribution is -0.117. The number of nitrogens with zero attached hydrogens (tertiary/aromatic N) is 1. The molecular weight excluding hydrogens is 370 g/mol. The number of methoxy groups -OCH3 is 1. The van der Waals surface area contributed by atoms with E-state index in [0.717, 1.165) is 22.4 Å². The molecule has 2 amide bonds. The van der Waals surface area contributed by atoms with Crippen LogP contribution in [-0.2, 0) is 17.9 Å². The number of amides is 2. The predicted octanol–water partition coefficient (Wildman–Crippen LogP) is 1.08. The van der Waals surface area contributed by atoms with Gasteiger partial charge in [0.2, 0.25) is 5.91 Å². The number of hydrogen-bond acceptors (Lipinski definition) is 4. The molecule has 8 nitrogen and oxygen atoms in total. The van der Waals surface area contributed by atoms with E-state index in [1.165, 1.54) is 0 Å². The summed E-state index contributed by atoms with van der Waals surface area (Å²) in [5, 5.41) is 8.94. The average molecular weight is 397 g/mol. The largest absolute Gasteiger partial charge is 0.496 e. The smallest absolute Gasteiger partial charge is 0.251 e. The topological polar surface area (TPSA) is 118 Å². The van der Waals surface area contributed by atoms with Gasteiger partial charge in [-0.25, -0.2) is 0 Å². The van der Waals surface area contributed by atoms with Gasteiger partial charge in [0.1, 0.15) is 5.75 Å². The molecule has 0 saturated carbocycles. The summed E-state index contributed by atoms with van der Waals surface area (Å²) in [6, 6.07) is 13.1. The number of hydrogen-bond donors (Lipinski definition) is 4. The normalized spacial score (nSPS) is 10.9. The summed E-state index contributed by atoms with van der Waals surface area (Å²) < 4.78 is 5.42. The average Bonchev–Trinajstić information content (AvgIpc) is 2.73. The first-order valence-electron chi connectivity index (χ1n) is 9.16. The Bertz CT molecular complexity index is 878. The number of aliphatic imine (C=N–C) groups is 1. The maximum atomic E-state index is 11.9. The molecule has 0 aromatic heterocycles. The Labute approximate surface area is 170 Å². The van der Waals surface area contributed by atoms with Gasteiger partial charge in [-0.15, -0.1) is 0 Å². The van der Waals surface area contributed by atoms with E-state index in [4.69, 9.17) is 10.5 Å². The molecule has 0 aliphatic heterocycles. The number of benzene rings is 2. The number of rotatable bonds is 8. The molecular formula is C21H27N5O3. The molecule has 0 spiro atoms. The van der Waals surface area contributed by atoms with Crippen LogP contribution in [0.25, 0.3) is 0 Å². The highest BCUT2D eigenvalue weighted by molar-refractivity contribution is 5.96. The molecule has 0 bridgehead atoms. The number of primary amides is 1. The van der Waals surface area contributed by atoms with Crippen LogP contribution >= 0.6 is 0 Å². The summed E-state index contributed by atoms with van der Waals surface area (Å²) in [5.74, 6) is 0.559. The Hall–Kier alpha value is -3.55. The molecule has 154 valence electrons. The Morgan fingerprint density at radius 1 is 1.03 bits per heavy atom. The summed E-state index contributed by atoms with van der Waals surface area (Å²) in [6.45, 7) is 2.94. The minimum atomic E-state index is -0.582. The Morgan fingerprint density at radius 2 is 1.72 bits per heavy atom. The van der Waals surface area contributed by atoms with Crippen molar-refractivity contribution in [2.24, 2.45) is 10.7 Å². The van der Waals surface area contributed by atoms with Crippen LogP contribution in [0.3, 0.4) is 0 Å². The maximum Gasteiger partial charge on any atom is 0.251 e. The summed E-state index contributed by atoms with van der Waals surface area (Å²) in [6.07, 6.45) is 0. The van der Waals surface area contributed by atoms with Gasteiger partial charge in [0, 0.05) is 31.3 Å². The van der Waals surface area contributed by atoms with Gasteiger partial charge in [-0.3, -0.25) is 14.6 Å². The van der Waals surface area contributed by atoms with Crippen molar-refractivity contribution in [1.82, 2.24) is 16.0 Å². The molecule has 0 aliphatic rings. The van der Waals surface area contributed by atoms with Crippen molar-refractivity contribution in [1.29, 1.82) is 0 Å². The fourth-order valence-corrected chi connectivity index (χ4v) is 2.63. The van der Waals surface area contributed by atoms with Crippen molar-refractivity contribution in [3.63, 3.8) is 0 Å². The summed E-state index contributed by atoms with van der Waals surface area (Å²) in [4.78, 5) is 26.9. The first-order chi connectivity index (χ1) is 13.9. The van der Waals surface area contributed by atoms with E-state index in [2.05, 4.69) is 20.9 Å². The monoisotopic (exact) mass is 397 g/mol. The summed E-state index contributed by atoms with van der Waals surface area (Å²) in [7, 11) is 3.36. The first kappa shape index (κ1) is 21.7. The van der Waals surface area contributed by atoms with Gasteiger partial charge in [0.05, 0.1) is 13.7 Å². The van der Waals surface area contributed by atoms with Crippen LogP contribution in [0.15, 0.2) is 47.5 Å². The minimum Gasteiger partial charge on any atom is -0.496 e. The number of carbonyl (C=O) groups excluding carboxylic acids is 2. The van der Waals surface area contributed by atoms with E-state index in [9.17, 15) is 9.59 Å². The molecule has 29 heavy (non-hydrogen) atoms. The van der Waals surface area contributed by atoms with Gasteiger partial charge in [0.25, 0.3) is 5.91 Å². The second-order valence-corrected chi connectivity index (χ2v) is 6.44. The number of carbonyl (C=O) groups is 2. The predicted molar refractivity (Wildman–Crippen MR) is 113 cm³/mol. The highest BCUT2D eigenvalue weighted by Crippen LogP contribution is 2.19. The first-order valence-corrected chi connectivity index (χ1v) is 9.16. The fourth-order valence-electron chi connectivity index (χ4n) is 2.63. The van der Waals surface area contributed by atoms with E-state index in [-0.39, 0.29) is 12.5 Å². The highest BCUT2D eigenvalue weighted by Gasteiger charge is 2.07. The molecule has 0 saturated heterocycles. The molecule has 0 fully saturated rings. The quantitative estimate of drug-likeness (QED) is 0.393. The zero-order chi connectivity index (χ0) is 21.2. The number of nitrogens with two attached hydrogens (primary N) is 1. The van der Waals surface area contributed by atoms with Crippen molar-refractivity contribution in [2.75, 3.05) is 20.7 Å². The van der Waals surface area contributed by atoms with E-state index < -0.39 is 5.91 Å². The van der Waals surface area contributed by atoms with E-state index >= 15 is 0 Å².